The normalized spacial score (nSPS) is 15.1. The van der Waals surface area contributed by atoms with E-state index in [9.17, 15) is 4.79 Å². The van der Waals surface area contributed by atoms with Gasteiger partial charge in [-0.15, -0.1) is 11.8 Å². The van der Waals surface area contributed by atoms with Crippen molar-refractivity contribution in [3.8, 4) is 0 Å². The number of aldehydes is 1. The van der Waals surface area contributed by atoms with E-state index in [0.29, 0.717) is 5.92 Å². The highest BCUT2D eigenvalue weighted by atomic mass is 32.2. The Hall–Kier alpha value is 0.0200. The third kappa shape index (κ3) is 5.31. The fourth-order valence-electron chi connectivity index (χ4n) is 0.729. The van der Waals surface area contributed by atoms with E-state index in [2.05, 4.69) is 34.6 Å². The Kier molecular flexibility index (Phi) is 4.16. The van der Waals surface area contributed by atoms with Crippen LogP contribution in [-0.2, 0) is 4.79 Å². The van der Waals surface area contributed by atoms with Crippen molar-refractivity contribution in [3.63, 3.8) is 0 Å². The van der Waals surface area contributed by atoms with Crippen molar-refractivity contribution in [2.45, 2.75) is 44.6 Å². The van der Waals surface area contributed by atoms with Crippen molar-refractivity contribution in [2.75, 3.05) is 0 Å². The van der Waals surface area contributed by atoms with Crippen molar-refractivity contribution in [1.82, 2.24) is 0 Å². The SMILES string of the molecule is CC(C)[C@H](C=O)SC(C)(C)C. The summed E-state index contributed by atoms with van der Waals surface area (Å²) in [7, 11) is 0. The van der Waals surface area contributed by atoms with Gasteiger partial charge < -0.3 is 4.79 Å². The lowest BCUT2D eigenvalue weighted by Gasteiger charge is -2.24. The summed E-state index contributed by atoms with van der Waals surface area (Å²) >= 11 is 1.74. The van der Waals surface area contributed by atoms with E-state index in [4.69, 9.17) is 0 Å². The topological polar surface area (TPSA) is 17.1 Å². The summed E-state index contributed by atoms with van der Waals surface area (Å²) in [6.07, 6.45) is 1.06. The Morgan fingerprint density at radius 2 is 1.73 bits per heavy atom. The van der Waals surface area contributed by atoms with Crippen LogP contribution in [-0.4, -0.2) is 16.3 Å². The molecular weight excluding hydrogens is 156 g/mol. The van der Waals surface area contributed by atoms with Crippen LogP contribution in [0.3, 0.4) is 0 Å². The van der Waals surface area contributed by atoms with Crippen LogP contribution < -0.4 is 0 Å². The maximum Gasteiger partial charge on any atom is 0.133 e. The first-order valence-electron chi connectivity index (χ1n) is 4.00. The zero-order valence-electron chi connectivity index (χ0n) is 8.05. The number of hydrogen-bond donors (Lipinski definition) is 0. The highest BCUT2D eigenvalue weighted by Crippen LogP contribution is 2.30. The summed E-state index contributed by atoms with van der Waals surface area (Å²) in [6, 6.07) is 0. The molecule has 0 unspecified atom stereocenters. The summed E-state index contributed by atoms with van der Waals surface area (Å²) in [5.41, 5.74) is 0. The first-order valence-corrected chi connectivity index (χ1v) is 4.88. The van der Waals surface area contributed by atoms with Crippen molar-refractivity contribution in [3.05, 3.63) is 0 Å². The van der Waals surface area contributed by atoms with Crippen LogP contribution in [0.15, 0.2) is 0 Å². The van der Waals surface area contributed by atoms with E-state index < -0.39 is 0 Å². The highest BCUT2D eigenvalue weighted by molar-refractivity contribution is 8.01. The van der Waals surface area contributed by atoms with E-state index >= 15 is 0 Å². The molecular formula is C9H18OS. The molecule has 0 bridgehead atoms. The van der Waals surface area contributed by atoms with Crippen LogP contribution in [0.2, 0.25) is 0 Å². The maximum atomic E-state index is 10.6. The molecule has 0 saturated heterocycles. The van der Waals surface area contributed by atoms with Gasteiger partial charge in [0.05, 0.1) is 5.25 Å². The van der Waals surface area contributed by atoms with Crippen LogP contribution in [0.4, 0.5) is 0 Å². The molecule has 0 amide bonds. The number of hydrogen-bond acceptors (Lipinski definition) is 2. The molecule has 0 fully saturated rings. The Morgan fingerprint density at radius 1 is 1.27 bits per heavy atom. The number of thioether (sulfide) groups is 1. The van der Waals surface area contributed by atoms with Crippen LogP contribution in [0, 0.1) is 5.92 Å². The first-order chi connectivity index (χ1) is 4.87. The fourth-order valence-corrected chi connectivity index (χ4v) is 1.87. The lowest BCUT2D eigenvalue weighted by molar-refractivity contribution is -0.108. The van der Waals surface area contributed by atoms with E-state index in [1.807, 2.05) is 0 Å². The lowest BCUT2D eigenvalue weighted by atomic mass is 10.1. The van der Waals surface area contributed by atoms with Gasteiger partial charge in [0, 0.05) is 4.75 Å². The van der Waals surface area contributed by atoms with Crippen LogP contribution in [0.1, 0.15) is 34.6 Å². The molecule has 1 nitrogen and oxygen atoms in total. The fraction of sp³-hybridized carbons (Fsp3) is 0.889. The molecule has 0 radical (unpaired) electrons. The van der Waals surface area contributed by atoms with E-state index in [-0.39, 0.29) is 10.00 Å². The molecule has 0 heterocycles. The molecule has 66 valence electrons. The number of carbonyl (C=O) groups excluding carboxylic acids is 1. The van der Waals surface area contributed by atoms with Crippen molar-refractivity contribution < 1.29 is 4.79 Å². The average molecular weight is 174 g/mol. The van der Waals surface area contributed by atoms with Gasteiger partial charge in [0.2, 0.25) is 0 Å². The van der Waals surface area contributed by atoms with Gasteiger partial charge >= 0.3 is 0 Å². The predicted octanol–water partition coefficient (Wildman–Crippen LogP) is 2.74. The summed E-state index contributed by atoms with van der Waals surface area (Å²) < 4.78 is 0.190. The molecule has 0 aliphatic carbocycles. The monoisotopic (exact) mass is 174 g/mol. The molecule has 1 atom stereocenters. The van der Waals surface area contributed by atoms with E-state index in [1.54, 1.807) is 11.8 Å². The van der Waals surface area contributed by atoms with Gasteiger partial charge in [0.15, 0.2) is 0 Å². The van der Waals surface area contributed by atoms with Crippen LogP contribution in [0.5, 0.6) is 0 Å². The van der Waals surface area contributed by atoms with E-state index in [1.165, 1.54) is 0 Å². The number of rotatable bonds is 3. The van der Waals surface area contributed by atoms with E-state index in [0.717, 1.165) is 6.29 Å². The summed E-state index contributed by atoms with van der Waals surface area (Å²) in [6.45, 7) is 10.6. The Balaban J connectivity index is 3.99. The molecule has 0 aromatic carbocycles. The van der Waals surface area contributed by atoms with Gasteiger partial charge in [-0.1, -0.05) is 34.6 Å². The van der Waals surface area contributed by atoms with Crippen molar-refractivity contribution >= 4 is 18.0 Å². The zero-order chi connectivity index (χ0) is 9.07. The molecule has 0 saturated carbocycles. The molecule has 0 aromatic heterocycles. The molecule has 0 aliphatic heterocycles. The maximum absolute atomic E-state index is 10.6. The quantitative estimate of drug-likeness (QED) is 0.612. The first kappa shape index (κ1) is 11.0. The minimum absolute atomic E-state index is 0.148. The van der Waals surface area contributed by atoms with Crippen LogP contribution >= 0.6 is 11.8 Å². The average Bonchev–Trinajstić information content (AvgIpc) is 1.80. The minimum atomic E-state index is 0.148. The second-order valence-electron chi connectivity index (χ2n) is 4.07. The summed E-state index contributed by atoms with van der Waals surface area (Å²) in [5, 5.41) is 0.148. The summed E-state index contributed by atoms with van der Waals surface area (Å²) in [5.74, 6) is 0.441. The standard InChI is InChI=1S/C9H18OS/c1-7(2)8(6-10)11-9(3,4)5/h6-8H,1-5H3/t8-/m0/s1. The smallest absolute Gasteiger partial charge is 0.133 e. The van der Waals surface area contributed by atoms with Gasteiger partial charge in [0.25, 0.3) is 0 Å². The minimum Gasteiger partial charge on any atom is -0.302 e. The Bertz CT molecular complexity index is 124. The van der Waals surface area contributed by atoms with Gasteiger partial charge in [-0.2, -0.15) is 0 Å². The second-order valence-corrected chi connectivity index (χ2v) is 6.08. The van der Waals surface area contributed by atoms with Gasteiger partial charge in [-0.3, -0.25) is 0 Å². The van der Waals surface area contributed by atoms with Crippen LogP contribution in [0.25, 0.3) is 0 Å². The molecule has 0 aromatic rings. The molecule has 0 spiro atoms. The number of carbonyl (C=O) groups is 1. The Labute approximate surface area is 73.9 Å². The third-order valence-corrected chi connectivity index (χ3v) is 2.92. The van der Waals surface area contributed by atoms with Gasteiger partial charge in [-0.25, -0.2) is 0 Å². The molecule has 11 heavy (non-hydrogen) atoms. The van der Waals surface area contributed by atoms with Crippen molar-refractivity contribution in [2.24, 2.45) is 5.92 Å². The molecule has 2 heteroatoms. The van der Waals surface area contributed by atoms with Gasteiger partial charge in [0.1, 0.15) is 6.29 Å². The predicted molar refractivity (Wildman–Crippen MR) is 52.0 cm³/mol. The molecule has 0 N–H and O–H groups in total. The third-order valence-electron chi connectivity index (χ3n) is 1.28. The molecule has 0 rings (SSSR count). The second kappa shape index (κ2) is 4.15. The van der Waals surface area contributed by atoms with Crippen molar-refractivity contribution in [1.29, 1.82) is 0 Å². The summed E-state index contributed by atoms with van der Waals surface area (Å²) in [4.78, 5) is 10.6. The van der Waals surface area contributed by atoms with Gasteiger partial charge in [-0.05, 0) is 5.92 Å². The Morgan fingerprint density at radius 3 is 1.82 bits per heavy atom. The largest absolute Gasteiger partial charge is 0.302 e. The zero-order valence-corrected chi connectivity index (χ0v) is 8.87. The molecule has 0 aliphatic rings. The lowest BCUT2D eigenvalue weighted by Crippen LogP contribution is -2.21. The highest BCUT2D eigenvalue weighted by Gasteiger charge is 2.20.